The first-order valence-corrected chi connectivity index (χ1v) is 10.4. The van der Waals surface area contributed by atoms with Crippen LogP contribution in [0.15, 0.2) is 24.3 Å². The molecule has 0 spiro atoms. The minimum Gasteiger partial charge on any atom is -0.460 e. The topological polar surface area (TPSA) is 35.5 Å². The number of ether oxygens (including phenoxy) is 2. The molecule has 0 saturated carbocycles. The van der Waals surface area contributed by atoms with Crippen molar-refractivity contribution >= 4 is 5.97 Å². The number of hydrogen-bond donors (Lipinski definition) is 0. The summed E-state index contributed by atoms with van der Waals surface area (Å²) in [7, 11) is 0. The fraction of sp³-hybridized carbons (Fsp3) is 0.773. The summed E-state index contributed by atoms with van der Waals surface area (Å²) in [5.41, 5.74) is 0. The maximum Gasteiger partial charge on any atom is 0.306 e. The highest BCUT2D eigenvalue weighted by Crippen LogP contribution is 2.12. The number of unbranched alkanes of at least 4 members (excludes halogenated alkanes) is 8. The molecule has 0 aromatic heterocycles. The minimum atomic E-state index is -0.0545. The molecule has 1 fully saturated rings. The van der Waals surface area contributed by atoms with Crippen molar-refractivity contribution in [3.05, 3.63) is 24.3 Å². The van der Waals surface area contributed by atoms with Crippen LogP contribution in [0.25, 0.3) is 0 Å². The van der Waals surface area contributed by atoms with E-state index in [0.29, 0.717) is 13.0 Å². The van der Waals surface area contributed by atoms with E-state index in [9.17, 15) is 4.79 Å². The van der Waals surface area contributed by atoms with Crippen molar-refractivity contribution in [3.63, 3.8) is 0 Å². The highest BCUT2D eigenvalue weighted by molar-refractivity contribution is 5.69. The zero-order chi connectivity index (χ0) is 18.0. The zero-order valence-electron chi connectivity index (χ0n) is 16.2. The third-order valence-corrected chi connectivity index (χ3v) is 4.52. The van der Waals surface area contributed by atoms with Gasteiger partial charge in [0, 0.05) is 12.8 Å². The number of carbonyl (C=O) groups is 1. The van der Waals surface area contributed by atoms with Crippen LogP contribution in [0.5, 0.6) is 0 Å². The Labute approximate surface area is 154 Å². The first-order chi connectivity index (χ1) is 12.3. The lowest BCUT2D eigenvalue weighted by Gasteiger charge is -2.09. The zero-order valence-corrected chi connectivity index (χ0v) is 16.2. The Morgan fingerprint density at radius 1 is 0.960 bits per heavy atom. The smallest absolute Gasteiger partial charge is 0.306 e. The molecule has 0 aromatic rings. The van der Waals surface area contributed by atoms with E-state index in [-0.39, 0.29) is 12.1 Å². The number of allylic oxidation sites excluding steroid dienone is 4. The summed E-state index contributed by atoms with van der Waals surface area (Å²) in [5.74, 6) is -0.0545. The van der Waals surface area contributed by atoms with Crippen LogP contribution >= 0.6 is 0 Å². The van der Waals surface area contributed by atoms with Crippen LogP contribution < -0.4 is 0 Å². The fourth-order valence-electron chi connectivity index (χ4n) is 2.93. The Kier molecular flexibility index (Phi) is 14.4. The van der Waals surface area contributed by atoms with Gasteiger partial charge in [0.2, 0.25) is 0 Å². The normalized spacial score (nSPS) is 17.7. The third kappa shape index (κ3) is 13.8. The summed E-state index contributed by atoms with van der Waals surface area (Å²) in [6.45, 7) is 3.54. The molecule has 1 saturated heterocycles. The van der Waals surface area contributed by atoms with Gasteiger partial charge in [-0.1, -0.05) is 63.3 Å². The Morgan fingerprint density at radius 2 is 1.64 bits per heavy atom. The minimum absolute atomic E-state index is 0.00507. The average Bonchev–Trinajstić information content (AvgIpc) is 3.11. The van der Waals surface area contributed by atoms with Crippen molar-refractivity contribution in [1.29, 1.82) is 0 Å². The molecule has 0 aliphatic carbocycles. The molecule has 0 radical (unpaired) electrons. The lowest BCUT2D eigenvalue weighted by Crippen LogP contribution is -2.17. The molecule has 1 heterocycles. The first kappa shape index (κ1) is 22.0. The Balaban J connectivity index is 1.80. The Morgan fingerprint density at radius 3 is 2.32 bits per heavy atom. The molecule has 3 heteroatoms. The predicted octanol–water partition coefficient (Wildman–Crippen LogP) is 6.13. The Bertz CT molecular complexity index is 367. The first-order valence-electron chi connectivity index (χ1n) is 10.4. The van der Waals surface area contributed by atoms with Crippen molar-refractivity contribution in [2.24, 2.45) is 0 Å². The van der Waals surface area contributed by atoms with Gasteiger partial charge in [0.05, 0.1) is 13.2 Å². The molecular weight excluding hydrogens is 312 g/mol. The second-order valence-electron chi connectivity index (χ2n) is 6.96. The molecular formula is C22H38O3. The van der Waals surface area contributed by atoms with Gasteiger partial charge in [-0.25, -0.2) is 0 Å². The van der Waals surface area contributed by atoms with E-state index >= 15 is 0 Å². The molecule has 0 N–H and O–H groups in total. The van der Waals surface area contributed by atoms with Gasteiger partial charge in [-0.05, 0) is 38.5 Å². The molecule has 1 aliphatic heterocycles. The van der Waals surface area contributed by atoms with E-state index in [1.54, 1.807) is 0 Å². The summed E-state index contributed by atoms with van der Waals surface area (Å²) in [5, 5.41) is 0. The monoisotopic (exact) mass is 350 g/mol. The van der Waals surface area contributed by atoms with Crippen LogP contribution in [-0.2, 0) is 14.3 Å². The summed E-state index contributed by atoms with van der Waals surface area (Å²) < 4.78 is 10.6. The van der Waals surface area contributed by atoms with Gasteiger partial charge in [0.15, 0.2) is 0 Å². The van der Waals surface area contributed by atoms with Gasteiger partial charge in [-0.2, -0.15) is 0 Å². The molecule has 1 unspecified atom stereocenters. The number of rotatable bonds is 15. The SMILES string of the molecule is CCCCC/C=C\C/C=C\CCCCCCCC(=O)OC1CCOC1. The van der Waals surface area contributed by atoms with Crippen molar-refractivity contribution in [3.8, 4) is 0 Å². The molecule has 0 aromatic carbocycles. The van der Waals surface area contributed by atoms with Crippen LogP contribution in [-0.4, -0.2) is 25.3 Å². The van der Waals surface area contributed by atoms with Gasteiger partial charge in [0.25, 0.3) is 0 Å². The van der Waals surface area contributed by atoms with Gasteiger partial charge in [-0.15, -0.1) is 0 Å². The van der Waals surface area contributed by atoms with Gasteiger partial charge < -0.3 is 9.47 Å². The highest BCUT2D eigenvalue weighted by atomic mass is 16.6. The van der Waals surface area contributed by atoms with Gasteiger partial charge in [-0.3, -0.25) is 4.79 Å². The largest absolute Gasteiger partial charge is 0.460 e. The summed E-state index contributed by atoms with van der Waals surface area (Å²) in [6.07, 6.45) is 23.8. The molecule has 144 valence electrons. The molecule has 1 aliphatic rings. The van der Waals surface area contributed by atoms with E-state index in [1.807, 2.05) is 0 Å². The standard InChI is InChI=1S/C22H38O3/c1-2-3-4-5-6-7-8-9-10-11-12-13-14-15-16-17-22(23)25-21-18-19-24-20-21/h6-7,9-10,21H,2-5,8,11-20H2,1H3/b7-6-,10-9-. The van der Waals surface area contributed by atoms with Crippen molar-refractivity contribution < 1.29 is 14.3 Å². The van der Waals surface area contributed by atoms with Crippen LogP contribution in [0.3, 0.4) is 0 Å². The van der Waals surface area contributed by atoms with Crippen molar-refractivity contribution in [2.45, 2.75) is 96.5 Å². The second-order valence-corrected chi connectivity index (χ2v) is 6.96. The second kappa shape index (κ2) is 16.4. The predicted molar refractivity (Wildman–Crippen MR) is 105 cm³/mol. The maximum atomic E-state index is 11.6. The lowest BCUT2D eigenvalue weighted by atomic mass is 10.1. The van der Waals surface area contributed by atoms with Crippen molar-refractivity contribution in [2.75, 3.05) is 13.2 Å². The van der Waals surface area contributed by atoms with E-state index < -0.39 is 0 Å². The summed E-state index contributed by atoms with van der Waals surface area (Å²) in [6, 6.07) is 0. The van der Waals surface area contributed by atoms with Crippen LogP contribution in [0.2, 0.25) is 0 Å². The van der Waals surface area contributed by atoms with E-state index in [1.165, 1.54) is 51.4 Å². The van der Waals surface area contributed by atoms with Gasteiger partial charge in [0.1, 0.15) is 6.10 Å². The number of hydrogen-bond acceptors (Lipinski definition) is 3. The van der Waals surface area contributed by atoms with Crippen molar-refractivity contribution in [1.82, 2.24) is 0 Å². The molecule has 0 amide bonds. The maximum absolute atomic E-state index is 11.6. The molecule has 1 atom stereocenters. The lowest BCUT2D eigenvalue weighted by molar-refractivity contribution is -0.149. The van der Waals surface area contributed by atoms with Crippen LogP contribution in [0, 0.1) is 0 Å². The highest BCUT2D eigenvalue weighted by Gasteiger charge is 2.19. The molecule has 3 nitrogen and oxygen atoms in total. The molecule has 25 heavy (non-hydrogen) atoms. The molecule has 1 rings (SSSR count). The fourth-order valence-corrected chi connectivity index (χ4v) is 2.93. The van der Waals surface area contributed by atoms with E-state index in [2.05, 4.69) is 31.2 Å². The molecule has 0 bridgehead atoms. The number of carbonyl (C=O) groups excluding carboxylic acids is 1. The summed E-state index contributed by atoms with van der Waals surface area (Å²) in [4.78, 5) is 11.6. The number of esters is 1. The van der Waals surface area contributed by atoms with Crippen LogP contribution in [0.4, 0.5) is 0 Å². The summed E-state index contributed by atoms with van der Waals surface area (Å²) >= 11 is 0. The Hall–Kier alpha value is -1.09. The van der Waals surface area contributed by atoms with Crippen LogP contribution in [0.1, 0.15) is 90.4 Å². The third-order valence-electron chi connectivity index (χ3n) is 4.52. The van der Waals surface area contributed by atoms with E-state index in [0.717, 1.165) is 32.3 Å². The quantitative estimate of drug-likeness (QED) is 0.202. The average molecular weight is 351 g/mol. The van der Waals surface area contributed by atoms with Gasteiger partial charge >= 0.3 is 5.97 Å². The van der Waals surface area contributed by atoms with E-state index in [4.69, 9.17) is 9.47 Å².